The number of nitriles is 1. The van der Waals surface area contributed by atoms with Crippen LogP contribution in [0.25, 0.3) is 0 Å². The summed E-state index contributed by atoms with van der Waals surface area (Å²) < 4.78 is 20.4. The van der Waals surface area contributed by atoms with Gasteiger partial charge in [0.2, 0.25) is 0 Å². The molecule has 0 N–H and O–H groups in total. The van der Waals surface area contributed by atoms with Gasteiger partial charge in [0.05, 0.1) is 5.56 Å². The molecule has 0 unspecified atom stereocenters. The van der Waals surface area contributed by atoms with E-state index in [1.54, 1.807) is 24.3 Å². The number of halogens is 3. The average molecular weight is 371 g/mol. The molecule has 0 fully saturated rings. The molecule has 5 heteroatoms. The third kappa shape index (κ3) is 2.89. The van der Waals surface area contributed by atoms with E-state index in [4.69, 9.17) is 10.00 Å². The number of hydrogen-bond donors (Lipinski definition) is 0. The fraction of sp³-hybridized carbons (Fsp3) is 0. The molecule has 0 atom stereocenters. The summed E-state index contributed by atoms with van der Waals surface area (Å²) in [6.45, 7) is 0. The van der Waals surface area contributed by atoms with E-state index in [1.165, 1.54) is 12.1 Å². The third-order valence-electron chi connectivity index (χ3n) is 2.18. The van der Waals surface area contributed by atoms with Crippen molar-refractivity contribution in [2.24, 2.45) is 0 Å². The van der Waals surface area contributed by atoms with E-state index in [0.29, 0.717) is 15.8 Å². The molecule has 0 spiro atoms. The molecule has 0 saturated carbocycles. The Balaban J connectivity index is 2.40. The molecule has 0 amide bonds. The van der Waals surface area contributed by atoms with Gasteiger partial charge in [0.15, 0.2) is 11.6 Å². The molecular formula is C13H6Br2FNO. The minimum absolute atomic E-state index is 0.0724. The molecule has 0 aliphatic rings. The Kier molecular flexibility index (Phi) is 4.00. The van der Waals surface area contributed by atoms with Crippen molar-refractivity contribution in [3.8, 4) is 17.6 Å². The Morgan fingerprint density at radius 3 is 2.39 bits per heavy atom. The van der Waals surface area contributed by atoms with Gasteiger partial charge in [0.25, 0.3) is 0 Å². The molecule has 90 valence electrons. The largest absolute Gasteiger partial charge is 0.453 e. The normalized spacial score (nSPS) is 9.89. The van der Waals surface area contributed by atoms with Crippen LogP contribution in [0.4, 0.5) is 4.39 Å². The highest BCUT2D eigenvalue weighted by molar-refractivity contribution is 9.10. The maximum absolute atomic E-state index is 13.5. The highest BCUT2D eigenvalue weighted by Gasteiger charge is 2.09. The first kappa shape index (κ1) is 13.1. The SMILES string of the molecule is N#Cc1cc(Br)ccc1Oc1cc(Br)ccc1F. The predicted octanol–water partition coefficient (Wildman–Crippen LogP) is 5.01. The van der Waals surface area contributed by atoms with E-state index >= 15 is 0 Å². The fourth-order valence-corrected chi connectivity index (χ4v) is 2.05. The van der Waals surface area contributed by atoms with Crippen LogP contribution in [0.15, 0.2) is 45.3 Å². The van der Waals surface area contributed by atoms with Crippen molar-refractivity contribution in [3.05, 3.63) is 56.7 Å². The molecule has 0 radical (unpaired) electrons. The summed E-state index contributed by atoms with van der Waals surface area (Å²) in [7, 11) is 0. The zero-order valence-corrected chi connectivity index (χ0v) is 12.1. The van der Waals surface area contributed by atoms with Gasteiger partial charge in [-0.1, -0.05) is 31.9 Å². The standard InChI is InChI=1S/C13H6Br2FNO/c14-9-2-4-12(8(5-9)7-17)18-13-6-10(15)1-3-11(13)16/h1-6H. The lowest BCUT2D eigenvalue weighted by Gasteiger charge is -2.08. The first-order valence-corrected chi connectivity index (χ1v) is 6.51. The molecular weight excluding hydrogens is 365 g/mol. The predicted molar refractivity (Wildman–Crippen MR) is 73.0 cm³/mol. The summed E-state index contributed by atoms with van der Waals surface area (Å²) in [4.78, 5) is 0. The van der Waals surface area contributed by atoms with Crippen molar-refractivity contribution >= 4 is 31.9 Å². The van der Waals surface area contributed by atoms with Gasteiger partial charge in [0.1, 0.15) is 11.8 Å². The van der Waals surface area contributed by atoms with Crippen molar-refractivity contribution in [2.45, 2.75) is 0 Å². The highest BCUT2D eigenvalue weighted by atomic mass is 79.9. The van der Waals surface area contributed by atoms with Gasteiger partial charge in [-0.25, -0.2) is 4.39 Å². The summed E-state index contributed by atoms with van der Waals surface area (Å²) in [5.41, 5.74) is 0.337. The molecule has 2 rings (SSSR count). The van der Waals surface area contributed by atoms with Crippen LogP contribution >= 0.6 is 31.9 Å². The number of benzene rings is 2. The number of hydrogen-bond acceptors (Lipinski definition) is 2. The monoisotopic (exact) mass is 369 g/mol. The third-order valence-corrected chi connectivity index (χ3v) is 3.16. The van der Waals surface area contributed by atoms with Crippen LogP contribution in [0, 0.1) is 17.1 Å². The van der Waals surface area contributed by atoms with Crippen LogP contribution in [0.5, 0.6) is 11.5 Å². The zero-order chi connectivity index (χ0) is 13.1. The smallest absolute Gasteiger partial charge is 0.165 e. The van der Waals surface area contributed by atoms with Gasteiger partial charge in [-0.3, -0.25) is 0 Å². The molecule has 18 heavy (non-hydrogen) atoms. The molecule has 2 nitrogen and oxygen atoms in total. The maximum Gasteiger partial charge on any atom is 0.165 e. The Morgan fingerprint density at radius 2 is 1.67 bits per heavy atom. The molecule has 0 bridgehead atoms. The zero-order valence-electron chi connectivity index (χ0n) is 8.95. The van der Waals surface area contributed by atoms with E-state index in [0.717, 1.165) is 4.47 Å². The Hall–Kier alpha value is -1.38. The van der Waals surface area contributed by atoms with E-state index < -0.39 is 5.82 Å². The number of ether oxygens (including phenoxy) is 1. The van der Waals surface area contributed by atoms with Gasteiger partial charge >= 0.3 is 0 Å². The fourth-order valence-electron chi connectivity index (χ4n) is 1.35. The summed E-state index contributed by atoms with van der Waals surface area (Å²) in [5.74, 6) is -0.0918. The summed E-state index contributed by atoms with van der Waals surface area (Å²) in [6, 6.07) is 11.3. The van der Waals surface area contributed by atoms with Gasteiger partial charge in [-0.2, -0.15) is 5.26 Å². The Bertz CT molecular complexity index is 637. The lowest BCUT2D eigenvalue weighted by Crippen LogP contribution is -1.91. The van der Waals surface area contributed by atoms with Crippen molar-refractivity contribution in [1.29, 1.82) is 5.26 Å². The highest BCUT2D eigenvalue weighted by Crippen LogP contribution is 2.30. The van der Waals surface area contributed by atoms with Crippen LogP contribution in [-0.2, 0) is 0 Å². The van der Waals surface area contributed by atoms with Crippen LogP contribution in [0.1, 0.15) is 5.56 Å². The average Bonchev–Trinajstić information content (AvgIpc) is 2.36. The van der Waals surface area contributed by atoms with E-state index in [9.17, 15) is 4.39 Å². The maximum atomic E-state index is 13.5. The molecule has 0 aromatic heterocycles. The van der Waals surface area contributed by atoms with E-state index in [-0.39, 0.29) is 5.75 Å². The minimum Gasteiger partial charge on any atom is -0.453 e. The van der Waals surface area contributed by atoms with E-state index in [2.05, 4.69) is 31.9 Å². The second-order valence-electron chi connectivity index (χ2n) is 3.43. The number of nitrogens with zero attached hydrogens (tertiary/aromatic N) is 1. The van der Waals surface area contributed by atoms with Crippen molar-refractivity contribution in [2.75, 3.05) is 0 Å². The molecule has 0 aliphatic carbocycles. The van der Waals surface area contributed by atoms with Gasteiger partial charge in [-0.05, 0) is 36.4 Å². The van der Waals surface area contributed by atoms with Crippen LogP contribution in [-0.4, -0.2) is 0 Å². The molecule has 0 heterocycles. The first-order valence-electron chi connectivity index (χ1n) is 4.92. The van der Waals surface area contributed by atoms with Gasteiger partial charge in [0, 0.05) is 8.95 Å². The molecule has 2 aromatic rings. The second-order valence-corrected chi connectivity index (χ2v) is 5.26. The van der Waals surface area contributed by atoms with Gasteiger partial charge in [-0.15, -0.1) is 0 Å². The number of rotatable bonds is 2. The lowest BCUT2D eigenvalue weighted by molar-refractivity contribution is 0.440. The van der Waals surface area contributed by atoms with Crippen LogP contribution in [0.2, 0.25) is 0 Å². The quantitative estimate of drug-likeness (QED) is 0.743. The topological polar surface area (TPSA) is 33.0 Å². The molecule has 2 aromatic carbocycles. The lowest BCUT2D eigenvalue weighted by atomic mass is 10.2. The Labute approximate surface area is 120 Å². The molecule has 0 aliphatic heterocycles. The van der Waals surface area contributed by atoms with Crippen LogP contribution < -0.4 is 4.74 Å². The summed E-state index contributed by atoms with van der Waals surface area (Å²) >= 11 is 6.50. The minimum atomic E-state index is -0.481. The van der Waals surface area contributed by atoms with E-state index in [1.807, 2.05) is 6.07 Å². The van der Waals surface area contributed by atoms with Gasteiger partial charge < -0.3 is 4.74 Å². The molecule has 0 saturated heterocycles. The first-order chi connectivity index (χ1) is 8.60. The van der Waals surface area contributed by atoms with Crippen molar-refractivity contribution in [3.63, 3.8) is 0 Å². The van der Waals surface area contributed by atoms with Crippen molar-refractivity contribution < 1.29 is 9.13 Å². The Morgan fingerprint density at radius 1 is 1.00 bits per heavy atom. The van der Waals surface area contributed by atoms with Crippen molar-refractivity contribution in [1.82, 2.24) is 0 Å². The summed E-state index contributed by atoms with van der Waals surface area (Å²) in [6.07, 6.45) is 0. The summed E-state index contributed by atoms with van der Waals surface area (Å²) in [5, 5.41) is 8.99. The second kappa shape index (κ2) is 5.51. The van der Waals surface area contributed by atoms with Crippen LogP contribution in [0.3, 0.4) is 0 Å².